The van der Waals surface area contributed by atoms with Crippen molar-refractivity contribution in [1.29, 1.82) is 0 Å². The third-order valence-electron chi connectivity index (χ3n) is 2.54. The summed E-state index contributed by atoms with van der Waals surface area (Å²) in [5.74, 6) is -0.775. The van der Waals surface area contributed by atoms with Crippen LogP contribution in [0.15, 0.2) is 6.07 Å². The molecule has 108 valence electrons. The van der Waals surface area contributed by atoms with E-state index in [-0.39, 0.29) is 11.6 Å². The summed E-state index contributed by atoms with van der Waals surface area (Å²) in [5, 5.41) is 5.35. The van der Waals surface area contributed by atoms with Crippen LogP contribution in [0.2, 0.25) is 0 Å². The van der Waals surface area contributed by atoms with Crippen LogP contribution in [0.4, 0.5) is 20.4 Å². The smallest absolute Gasteiger partial charge is 0.168 e. The summed E-state index contributed by atoms with van der Waals surface area (Å²) in [4.78, 5) is 3.81. The van der Waals surface area contributed by atoms with Crippen molar-refractivity contribution in [2.75, 3.05) is 37.4 Å². The van der Waals surface area contributed by atoms with Gasteiger partial charge in [-0.2, -0.15) is 0 Å². The number of ether oxygens (including phenoxy) is 1. The minimum atomic E-state index is -0.710. The fraction of sp³-hybridized carbons (Fsp3) is 0.615. The van der Waals surface area contributed by atoms with Gasteiger partial charge in [-0.25, -0.2) is 13.8 Å². The number of nitrogens with zero attached hydrogens (tertiary/aromatic N) is 1. The minimum Gasteiger partial charge on any atom is -0.380 e. The Morgan fingerprint density at radius 3 is 2.53 bits per heavy atom. The Morgan fingerprint density at radius 1 is 1.21 bits per heavy atom. The van der Waals surface area contributed by atoms with Crippen LogP contribution in [-0.4, -0.2) is 31.8 Å². The number of anilines is 2. The van der Waals surface area contributed by atoms with Crippen LogP contribution in [0.25, 0.3) is 0 Å². The number of aromatic nitrogens is 1. The number of hydrogen-bond donors (Lipinski definition) is 2. The Labute approximate surface area is 112 Å². The highest BCUT2D eigenvalue weighted by Gasteiger charge is 2.10. The van der Waals surface area contributed by atoms with Gasteiger partial charge in [0, 0.05) is 26.3 Å². The molecule has 0 aliphatic rings. The molecule has 6 heteroatoms. The first kappa shape index (κ1) is 15.6. The van der Waals surface area contributed by atoms with Gasteiger partial charge >= 0.3 is 0 Å². The quantitative estimate of drug-likeness (QED) is 0.715. The Hall–Kier alpha value is -1.43. The highest BCUT2D eigenvalue weighted by Crippen LogP contribution is 2.18. The average molecular weight is 273 g/mol. The van der Waals surface area contributed by atoms with Gasteiger partial charge in [0.15, 0.2) is 23.3 Å². The van der Waals surface area contributed by atoms with Crippen LogP contribution >= 0.6 is 0 Å². The molecule has 0 bridgehead atoms. The normalized spacial score (nSPS) is 10.8. The van der Waals surface area contributed by atoms with Crippen LogP contribution < -0.4 is 10.6 Å². The van der Waals surface area contributed by atoms with Gasteiger partial charge in [-0.3, -0.25) is 0 Å². The molecule has 0 aliphatic heterocycles. The van der Waals surface area contributed by atoms with E-state index in [0.717, 1.165) is 12.5 Å². The number of hydrogen-bond acceptors (Lipinski definition) is 4. The van der Waals surface area contributed by atoms with E-state index in [0.29, 0.717) is 25.7 Å². The molecule has 1 aromatic rings. The van der Waals surface area contributed by atoms with Crippen LogP contribution in [-0.2, 0) is 4.74 Å². The molecular formula is C13H21F2N3O. The van der Waals surface area contributed by atoms with Crippen molar-refractivity contribution in [3.05, 3.63) is 17.7 Å². The molecule has 0 atom stereocenters. The molecule has 0 saturated heterocycles. The number of nitrogens with one attached hydrogen (secondary N) is 2. The summed E-state index contributed by atoms with van der Waals surface area (Å²) >= 11 is 0. The van der Waals surface area contributed by atoms with E-state index >= 15 is 0 Å². The van der Waals surface area contributed by atoms with E-state index in [4.69, 9.17) is 4.74 Å². The molecule has 0 aliphatic carbocycles. The summed E-state index contributed by atoms with van der Waals surface area (Å²) in [6.45, 7) is 5.81. The van der Waals surface area contributed by atoms with Gasteiger partial charge < -0.3 is 15.4 Å². The zero-order valence-corrected chi connectivity index (χ0v) is 11.6. The largest absolute Gasteiger partial charge is 0.380 e. The molecule has 0 unspecified atom stereocenters. The standard InChI is InChI=1S/C13H21F2N3O/c1-9(2)4-6-19-7-5-17-13-11(15)8-10(14)12(16-3)18-13/h8-9H,4-7H2,1-3H3,(H2,16,17,18). The van der Waals surface area contributed by atoms with Crippen molar-refractivity contribution in [2.24, 2.45) is 5.92 Å². The van der Waals surface area contributed by atoms with Gasteiger partial charge in [0.05, 0.1) is 6.61 Å². The lowest BCUT2D eigenvalue weighted by molar-refractivity contribution is 0.132. The zero-order chi connectivity index (χ0) is 14.3. The van der Waals surface area contributed by atoms with Gasteiger partial charge in [0.2, 0.25) is 0 Å². The van der Waals surface area contributed by atoms with Crippen molar-refractivity contribution in [2.45, 2.75) is 20.3 Å². The Kier molecular flexibility index (Phi) is 6.49. The predicted octanol–water partition coefficient (Wildman–Crippen LogP) is 2.88. The zero-order valence-electron chi connectivity index (χ0n) is 11.6. The Balaban J connectivity index is 2.37. The summed E-state index contributed by atoms with van der Waals surface area (Å²) in [6, 6.07) is 0.806. The maximum Gasteiger partial charge on any atom is 0.168 e. The van der Waals surface area contributed by atoms with Crippen molar-refractivity contribution in [3.8, 4) is 0 Å². The summed E-state index contributed by atoms with van der Waals surface area (Å²) in [5.41, 5.74) is 0. The van der Waals surface area contributed by atoms with Gasteiger partial charge in [-0.1, -0.05) is 13.8 Å². The lowest BCUT2D eigenvalue weighted by Gasteiger charge is -2.10. The average Bonchev–Trinajstić information content (AvgIpc) is 2.35. The molecule has 0 radical (unpaired) electrons. The lowest BCUT2D eigenvalue weighted by Crippen LogP contribution is -2.13. The fourth-order valence-corrected chi connectivity index (χ4v) is 1.43. The summed E-state index contributed by atoms with van der Waals surface area (Å²) in [6.07, 6.45) is 0.993. The van der Waals surface area contributed by atoms with Crippen molar-refractivity contribution in [3.63, 3.8) is 0 Å². The molecule has 2 N–H and O–H groups in total. The predicted molar refractivity (Wildman–Crippen MR) is 72.5 cm³/mol. The topological polar surface area (TPSA) is 46.2 Å². The molecule has 0 amide bonds. The lowest BCUT2D eigenvalue weighted by atomic mass is 10.1. The van der Waals surface area contributed by atoms with Crippen LogP contribution in [0.1, 0.15) is 20.3 Å². The van der Waals surface area contributed by atoms with Crippen LogP contribution in [0.3, 0.4) is 0 Å². The summed E-state index contributed by atoms with van der Waals surface area (Å²) in [7, 11) is 1.53. The Morgan fingerprint density at radius 2 is 1.89 bits per heavy atom. The molecule has 1 heterocycles. The van der Waals surface area contributed by atoms with E-state index in [1.807, 2.05) is 0 Å². The van der Waals surface area contributed by atoms with E-state index in [2.05, 4.69) is 29.5 Å². The van der Waals surface area contributed by atoms with E-state index in [1.54, 1.807) is 0 Å². The SMILES string of the molecule is CNc1nc(NCCOCCC(C)C)c(F)cc1F. The third-order valence-corrected chi connectivity index (χ3v) is 2.54. The molecule has 0 spiro atoms. The first-order chi connectivity index (χ1) is 9.04. The van der Waals surface area contributed by atoms with E-state index < -0.39 is 11.6 Å². The van der Waals surface area contributed by atoms with Gasteiger partial charge in [0.1, 0.15) is 0 Å². The third kappa shape index (κ3) is 5.38. The Bertz CT molecular complexity index is 400. The van der Waals surface area contributed by atoms with E-state index in [1.165, 1.54) is 7.05 Å². The molecule has 0 saturated carbocycles. The minimum absolute atomic E-state index is 0.0182. The number of pyridine rings is 1. The van der Waals surface area contributed by atoms with Crippen LogP contribution in [0.5, 0.6) is 0 Å². The second-order valence-corrected chi connectivity index (χ2v) is 4.62. The molecule has 1 aromatic heterocycles. The molecular weight excluding hydrogens is 252 g/mol. The molecule has 19 heavy (non-hydrogen) atoms. The molecule has 4 nitrogen and oxygen atoms in total. The van der Waals surface area contributed by atoms with Crippen molar-refractivity contribution < 1.29 is 13.5 Å². The maximum atomic E-state index is 13.4. The highest BCUT2D eigenvalue weighted by molar-refractivity contribution is 5.47. The van der Waals surface area contributed by atoms with Crippen molar-refractivity contribution in [1.82, 2.24) is 4.98 Å². The first-order valence-electron chi connectivity index (χ1n) is 6.40. The molecule has 1 rings (SSSR count). The molecule has 0 fully saturated rings. The van der Waals surface area contributed by atoms with Crippen molar-refractivity contribution >= 4 is 11.6 Å². The summed E-state index contributed by atoms with van der Waals surface area (Å²) < 4.78 is 32.0. The maximum absolute atomic E-state index is 13.4. The van der Waals surface area contributed by atoms with E-state index in [9.17, 15) is 8.78 Å². The van der Waals surface area contributed by atoms with Crippen LogP contribution in [0, 0.1) is 17.6 Å². The number of halogens is 2. The van der Waals surface area contributed by atoms with Gasteiger partial charge in [0.25, 0.3) is 0 Å². The molecule has 0 aromatic carbocycles. The fourth-order valence-electron chi connectivity index (χ4n) is 1.43. The van der Waals surface area contributed by atoms with Gasteiger partial charge in [-0.15, -0.1) is 0 Å². The second kappa shape index (κ2) is 7.89. The second-order valence-electron chi connectivity index (χ2n) is 4.62. The number of rotatable bonds is 8. The van der Waals surface area contributed by atoms with Gasteiger partial charge in [-0.05, 0) is 12.3 Å². The highest BCUT2D eigenvalue weighted by atomic mass is 19.1. The first-order valence-corrected chi connectivity index (χ1v) is 6.40. The monoisotopic (exact) mass is 273 g/mol.